The van der Waals surface area contributed by atoms with Crippen molar-refractivity contribution in [3.05, 3.63) is 28.2 Å². The molecule has 0 aliphatic rings. The first-order valence-electron chi connectivity index (χ1n) is 4.20. The smallest absolute Gasteiger partial charge is 0.335 e. The van der Waals surface area contributed by atoms with Crippen LogP contribution < -0.4 is 4.90 Å². The Kier molecular flexibility index (Phi) is 3.47. The largest absolute Gasteiger partial charge is 0.478 e. The average Bonchev–Trinajstić information content (AvgIpc) is 2.16. The highest BCUT2D eigenvalue weighted by Gasteiger charge is 2.12. The van der Waals surface area contributed by atoms with E-state index in [1.807, 2.05) is 0 Å². The van der Waals surface area contributed by atoms with E-state index in [1.54, 1.807) is 13.1 Å². The highest BCUT2D eigenvalue weighted by Crippen LogP contribution is 2.26. The summed E-state index contributed by atoms with van der Waals surface area (Å²) in [5, 5.41) is 8.80. The molecule has 1 aromatic carbocycles. The van der Waals surface area contributed by atoms with E-state index < -0.39 is 5.97 Å². The van der Waals surface area contributed by atoms with Gasteiger partial charge in [0.2, 0.25) is 5.91 Å². The Morgan fingerprint density at radius 2 is 2.00 bits per heavy atom. The van der Waals surface area contributed by atoms with Crippen LogP contribution in [-0.2, 0) is 4.79 Å². The van der Waals surface area contributed by atoms with Crippen molar-refractivity contribution in [3.8, 4) is 0 Å². The second kappa shape index (κ2) is 4.44. The van der Waals surface area contributed by atoms with Crippen molar-refractivity contribution in [2.24, 2.45) is 0 Å². The molecule has 0 aliphatic carbocycles. The lowest BCUT2D eigenvalue weighted by Gasteiger charge is -2.17. The molecule has 1 rings (SSSR count). The van der Waals surface area contributed by atoms with Gasteiger partial charge in [-0.15, -0.1) is 0 Å². The first-order valence-corrected chi connectivity index (χ1v) is 5.00. The predicted octanol–water partition coefficient (Wildman–Crippen LogP) is 2.13. The number of anilines is 1. The molecule has 0 bridgehead atoms. The van der Waals surface area contributed by atoms with Gasteiger partial charge >= 0.3 is 5.97 Å². The van der Waals surface area contributed by atoms with Crippen LogP contribution in [0.4, 0.5) is 5.69 Å². The number of carbonyl (C=O) groups excluding carboxylic acids is 1. The van der Waals surface area contributed by atoms with Gasteiger partial charge < -0.3 is 10.0 Å². The summed E-state index contributed by atoms with van der Waals surface area (Å²) in [6.45, 7) is 1.42. The number of halogens is 1. The lowest BCUT2D eigenvalue weighted by atomic mass is 10.2. The summed E-state index contributed by atoms with van der Waals surface area (Å²) < 4.78 is 0.685. The number of nitrogens with zero attached hydrogens (tertiary/aromatic N) is 1. The maximum atomic E-state index is 11.1. The molecule has 80 valence electrons. The number of hydrogen-bond acceptors (Lipinski definition) is 2. The van der Waals surface area contributed by atoms with Crippen molar-refractivity contribution in [2.45, 2.75) is 6.92 Å². The highest BCUT2D eigenvalue weighted by molar-refractivity contribution is 9.10. The van der Waals surface area contributed by atoms with Crippen molar-refractivity contribution in [1.29, 1.82) is 0 Å². The second-order valence-corrected chi connectivity index (χ2v) is 3.90. The number of amides is 1. The standard InChI is InChI=1S/C10H10BrNO3/c1-6(13)12(2)9-5-7(10(14)15)3-4-8(9)11/h3-5H,1-2H3,(H,14,15). The summed E-state index contributed by atoms with van der Waals surface area (Å²) >= 11 is 3.26. The Morgan fingerprint density at radius 3 is 2.47 bits per heavy atom. The summed E-state index contributed by atoms with van der Waals surface area (Å²) in [7, 11) is 1.59. The lowest BCUT2D eigenvalue weighted by molar-refractivity contribution is -0.116. The van der Waals surface area contributed by atoms with Gasteiger partial charge in [-0.1, -0.05) is 0 Å². The maximum absolute atomic E-state index is 11.1. The zero-order valence-corrected chi connectivity index (χ0v) is 9.91. The molecule has 0 heterocycles. The third-order valence-electron chi connectivity index (χ3n) is 2.03. The van der Waals surface area contributed by atoms with Gasteiger partial charge in [-0.25, -0.2) is 4.79 Å². The monoisotopic (exact) mass is 271 g/mol. The molecular weight excluding hydrogens is 262 g/mol. The number of hydrogen-bond donors (Lipinski definition) is 1. The number of carboxylic acid groups (broad SMARTS) is 1. The summed E-state index contributed by atoms with van der Waals surface area (Å²) in [4.78, 5) is 23.3. The summed E-state index contributed by atoms with van der Waals surface area (Å²) in [5.41, 5.74) is 0.698. The zero-order valence-electron chi connectivity index (χ0n) is 8.32. The topological polar surface area (TPSA) is 57.6 Å². The Balaban J connectivity index is 3.22. The van der Waals surface area contributed by atoms with Gasteiger partial charge in [-0.05, 0) is 34.1 Å². The number of aromatic carboxylic acids is 1. The van der Waals surface area contributed by atoms with E-state index in [-0.39, 0.29) is 11.5 Å². The van der Waals surface area contributed by atoms with Gasteiger partial charge in [0.15, 0.2) is 0 Å². The molecule has 1 amide bonds. The average molecular weight is 272 g/mol. The Bertz CT molecular complexity index is 417. The van der Waals surface area contributed by atoms with Crippen LogP contribution in [0.5, 0.6) is 0 Å². The van der Waals surface area contributed by atoms with E-state index >= 15 is 0 Å². The van der Waals surface area contributed by atoms with E-state index in [4.69, 9.17) is 5.11 Å². The number of carbonyl (C=O) groups is 2. The molecule has 0 saturated heterocycles. The molecule has 1 aromatic rings. The van der Waals surface area contributed by atoms with Crippen molar-refractivity contribution < 1.29 is 14.7 Å². The summed E-state index contributed by atoms with van der Waals surface area (Å²) in [6.07, 6.45) is 0. The minimum atomic E-state index is -1.01. The van der Waals surface area contributed by atoms with Crippen LogP contribution in [-0.4, -0.2) is 24.0 Å². The number of benzene rings is 1. The molecule has 0 radical (unpaired) electrons. The van der Waals surface area contributed by atoms with Crippen molar-refractivity contribution in [3.63, 3.8) is 0 Å². The molecule has 0 fully saturated rings. The third-order valence-corrected chi connectivity index (χ3v) is 2.70. The molecule has 0 aliphatic heterocycles. The van der Waals surface area contributed by atoms with Gasteiger partial charge in [0.25, 0.3) is 0 Å². The Morgan fingerprint density at radius 1 is 1.40 bits per heavy atom. The van der Waals surface area contributed by atoms with Gasteiger partial charge in [0.1, 0.15) is 0 Å². The molecule has 0 unspecified atom stereocenters. The third kappa shape index (κ3) is 2.56. The molecule has 15 heavy (non-hydrogen) atoms. The van der Waals surface area contributed by atoms with Crippen molar-refractivity contribution in [2.75, 3.05) is 11.9 Å². The van der Waals surface area contributed by atoms with Crippen molar-refractivity contribution >= 4 is 33.5 Å². The molecule has 0 aromatic heterocycles. The molecular formula is C10H10BrNO3. The van der Waals surface area contributed by atoms with Crippen LogP contribution in [0.25, 0.3) is 0 Å². The molecule has 0 saturated carbocycles. The highest BCUT2D eigenvalue weighted by atomic mass is 79.9. The Labute approximate surface area is 95.6 Å². The van der Waals surface area contributed by atoms with E-state index in [2.05, 4.69) is 15.9 Å². The van der Waals surface area contributed by atoms with Gasteiger partial charge in [0, 0.05) is 18.4 Å². The van der Waals surface area contributed by atoms with E-state index in [0.717, 1.165) is 0 Å². The van der Waals surface area contributed by atoms with Crippen molar-refractivity contribution in [1.82, 2.24) is 0 Å². The normalized spacial score (nSPS) is 9.80. The predicted molar refractivity (Wildman–Crippen MR) is 60.2 cm³/mol. The number of rotatable bonds is 2. The van der Waals surface area contributed by atoms with Gasteiger partial charge in [-0.2, -0.15) is 0 Å². The van der Waals surface area contributed by atoms with E-state index in [1.165, 1.54) is 24.0 Å². The quantitative estimate of drug-likeness (QED) is 0.897. The SMILES string of the molecule is CC(=O)N(C)c1cc(C(=O)O)ccc1Br. The molecule has 0 spiro atoms. The number of carboxylic acids is 1. The fourth-order valence-electron chi connectivity index (χ4n) is 1.07. The van der Waals surface area contributed by atoms with Gasteiger partial charge in [-0.3, -0.25) is 4.79 Å². The Hall–Kier alpha value is -1.36. The minimum absolute atomic E-state index is 0.154. The maximum Gasteiger partial charge on any atom is 0.335 e. The van der Waals surface area contributed by atoms with Crippen LogP contribution in [0.3, 0.4) is 0 Å². The molecule has 5 heteroatoms. The summed E-state index contributed by atoms with van der Waals surface area (Å²) in [5.74, 6) is -1.17. The molecule has 4 nitrogen and oxygen atoms in total. The molecule has 1 N–H and O–H groups in total. The van der Waals surface area contributed by atoms with E-state index in [0.29, 0.717) is 10.2 Å². The second-order valence-electron chi connectivity index (χ2n) is 3.05. The lowest BCUT2D eigenvalue weighted by Crippen LogP contribution is -2.23. The van der Waals surface area contributed by atoms with Crippen LogP contribution in [0.1, 0.15) is 17.3 Å². The molecule has 0 atom stereocenters. The van der Waals surface area contributed by atoms with Crippen LogP contribution in [0.15, 0.2) is 22.7 Å². The van der Waals surface area contributed by atoms with Crippen LogP contribution >= 0.6 is 15.9 Å². The fraction of sp³-hybridized carbons (Fsp3) is 0.200. The van der Waals surface area contributed by atoms with Crippen LogP contribution in [0.2, 0.25) is 0 Å². The zero-order chi connectivity index (χ0) is 11.6. The first kappa shape index (κ1) is 11.7. The summed E-state index contributed by atoms with van der Waals surface area (Å²) in [6, 6.07) is 4.54. The minimum Gasteiger partial charge on any atom is -0.478 e. The van der Waals surface area contributed by atoms with E-state index in [9.17, 15) is 9.59 Å². The van der Waals surface area contributed by atoms with Crippen LogP contribution in [0, 0.1) is 0 Å². The fourth-order valence-corrected chi connectivity index (χ4v) is 1.58. The first-order chi connectivity index (χ1) is 6.93. The van der Waals surface area contributed by atoms with Gasteiger partial charge in [0.05, 0.1) is 11.3 Å².